The Hall–Kier alpha value is -3.02. The zero-order valence-electron chi connectivity index (χ0n) is 17.6. The third-order valence-electron chi connectivity index (χ3n) is 5.39. The van der Waals surface area contributed by atoms with Crippen LogP contribution in [0.5, 0.6) is 5.75 Å². The fourth-order valence-corrected chi connectivity index (χ4v) is 3.72. The summed E-state index contributed by atoms with van der Waals surface area (Å²) in [5, 5.41) is 0. The second kappa shape index (κ2) is 8.99. The van der Waals surface area contributed by atoms with Gasteiger partial charge in [-0.25, -0.2) is 0 Å². The number of hydrogen-bond donors (Lipinski definition) is 0. The van der Waals surface area contributed by atoms with Gasteiger partial charge in [-0.1, -0.05) is 12.1 Å². The topological polar surface area (TPSA) is 53.1 Å². The van der Waals surface area contributed by atoms with Gasteiger partial charge in [0.15, 0.2) is 0 Å². The Morgan fingerprint density at radius 2 is 1.66 bits per heavy atom. The van der Waals surface area contributed by atoms with Crippen molar-refractivity contribution in [1.29, 1.82) is 0 Å². The molecular formula is C23H29N3O3. The molecule has 1 atom stereocenters. The lowest BCUT2D eigenvalue weighted by atomic mass is 10.1. The van der Waals surface area contributed by atoms with Crippen LogP contribution in [0, 0.1) is 0 Å². The number of benzene rings is 2. The Morgan fingerprint density at radius 3 is 2.21 bits per heavy atom. The first kappa shape index (κ1) is 20.7. The van der Waals surface area contributed by atoms with E-state index in [0.29, 0.717) is 19.5 Å². The van der Waals surface area contributed by atoms with E-state index >= 15 is 0 Å². The van der Waals surface area contributed by atoms with Gasteiger partial charge in [-0.3, -0.25) is 9.59 Å². The van der Waals surface area contributed by atoms with Crippen LogP contribution in [-0.4, -0.2) is 50.5 Å². The van der Waals surface area contributed by atoms with E-state index in [1.165, 1.54) is 6.92 Å². The Bertz CT molecular complexity index is 847. The number of rotatable bonds is 6. The van der Waals surface area contributed by atoms with Gasteiger partial charge in [-0.2, -0.15) is 0 Å². The molecule has 6 nitrogen and oxygen atoms in total. The Morgan fingerprint density at radius 1 is 1.03 bits per heavy atom. The van der Waals surface area contributed by atoms with Crippen molar-refractivity contribution in [2.24, 2.45) is 0 Å². The predicted octanol–water partition coefficient (Wildman–Crippen LogP) is 3.31. The summed E-state index contributed by atoms with van der Waals surface area (Å²) >= 11 is 0. The number of anilines is 2. The minimum Gasteiger partial charge on any atom is -0.497 e. The second-order valence-electron chi connectivity index (χ2n) is 7.55. The molecule has 1 saturated heterocycles. The van der Waals surface area contributed by atoms with E-state index in [1.54, 1.807) is 16.9 Å². The van der Waals surface area contributed by atoms with Crippen LogP contribution in [0.3, 0.4) is 0 Å². The number of likely N-dealkylation sites (tertiary alicyclic amines) is 1. The lowest BCUT2D eigenvalue weighted by Gasteiger charge is -2.30. The summed E-state index contributed by atoms with van der Waals surface area (Å²) in [7, 11) is 5.62. The van der Waals surface area contributed by atoms with Crippen LogP contribution < -0.4 is 14.5 Å². The van der Waals surface area contributed by atoms with E-state index in [2.05, 4.69) is 0 Å². The van der Waals surface area contributed by atoms with Crippen LogP contribution in [-0.2, 0) is 16.1 Å². The van der Waals surface area contributed by atoms with Gasteiger partial charge in [0.1, 0.15) is 11.8 Å². The normalized spacial score (nSPS) is 15.9. The molecule has 3 rings (SSSR count). The van der Waals surface area contributed by atoms with E-state index in [1.807, 2.05) is 67.5 Å². The fraction of sp³-hybridized carbons (Fsp3) is 0.391. The smallest absolute Gasteiger partial charge is 0.250 e. The van der Waals surface area contributed by atoms with E-state index in [4.69, 9.17) is 4.74 Å². The van der Waals surface area contributed by atoms with Crippen molar-refractivity contribution in [1.82, 2.24) is 4.90 Å². The van der Waals surface area contributed by atoms with Crippen LogP contribution in [0.2, 0.25) is 0 Å². The molecule has 29 heavy (non-hydrogen) atoms. The van der Waals surface area contributed by atoms with Gasteiger partial charge in [-0.15, -0.1) is 0 Å². The molecule has 0 bridgehead atoms. The molecule has 0 aromatic heterocycles. The minimum absolute atomic E-state index is 0.0421. The quantitative estimate of drug-likeness (QED) is 0.753. The maximum absolute atomic E-state index is 13.5. The van der Waals surface area contributed by atoms with Gasteiger partial charge in [0, 0.05) is 38.9 Å². The van der Waals surface area contributed by atoms with Gasteiger partial charge < -0.3 is 19.4 Å². The van der Waals surface area contributed by atoms with Crippen molar-refractivity contribution >= 4 is 23.2 Å². The highest BCUT2D eigenvalue weighted by Gasteiger charge is 2.35. The zero-order valence-corrected chi connectivity index (χ0v) is 17.6. The van der Waals surface area contributed by atoms with E-state index in [9.17, 15) is 9.59 Å². The lowest BCUT2D eigenvalue weighted by molar-refractivity contribution is -0.135. The maximum Gasteiger partial charge on any atom is 0.250 e. The first-order chi connectivity index (χ1) is 13.9. The largest absolute Gasteiger partial charge is 0.497 e. The summed E-state index contributed by atoms with van der Waals surface area (Å²) in [5.41, 5.74) is 2.93. The lowest BCUT2D eigenvalue weighted by Crippen LogP contribution is -2.47. The SMILES string of the molecule is COc1ccc(N(Cc2ccc(N(C)C)cc2)C(=O)C2CCCN2C(C)=O)cc1. The molecule has 2 aromatic carbocycles. The van der Waals surface area contributed by atoms with Crippen molar-refractivity contribution in [2.75, 3.05) is 37.5 Å². The van der Waals surface area contributed by atoms with E-state index in [-0.39, 0.29) is 11.8 Å². The van der Waals surface area contributed by atoms with Crippen molar-refractivity contribution in [3.05, 3.63) is 54.1 Å². The molecule has 6 heteroatoms. The zero-order chi connectivity index (χ0) is 21.0. The molecule has 1 unspecified atom stereocenters. The summed E-state index contributed by atoms with van der Waals surface area (Å²) in [4.78, 5) is 31.0. The molecule has 0 aliphatic carbocycles. The molecule has 1 aliphatic rings. The van der Waals surface area contributed by atoms with Crippen molar-refractivity contribution in [3.8, 4) is 5.75 Å². The van der Waals surface area contributed by atoms with Crippen LogP contribution in [0.15, 0.2) is 48.5 Å². The third kappa shape index (κ3) is 4.70. The van der Waals surface area contributed by atoms with Gasteiger partial charge >= 0.3 is 0 Å². The maximum atomic E-state index is 13.5. The highest BCUT2D eigenvalue weighted by molar-refractivity contribution is 5.99. The Kier molecular flexibility index (Phi) is 6.42. The molecular weight excluding hydrogens is 366 g/mol. The molecule has 0 saturated carbocycles. The summed E-state index contributed by atoms with van der Waals surface area (Å²) in [6, 6.07) is 15.2. The third-order valence-corrected chi connectivity index (χ3v) is 5.39. The number of amides is 2. The van der Waals surface area contributed by atoms with Crippen LogP contribution >= 0.6 is 0 Å². The predicted molar refractivity (Wildman–Crippen MR) is 115 cm³/mol. The Labute approximate surface area is 172 Å². The number of methoxy groups -OCH3 is 1. The first-order valence-corrected chi connectivity index (χ1v) is 9.89. The molecule has 0 spiro atoms. The number of ether oxygens (including phenoxy) is 1. The molecule has 0 N–H and O–H groups in total. The fourth-order valence-electron chi connectivity index (χ4n) is 3.72. The first-order valence-electron chi connectivity index (χ1n) is 9.89. The molecule has 154 valence electrons. The van der Waals surface area contributed by atoms with E-state index < -0.39 is 6.04 Å². The molecule has 1 aliphatic heterocycles. The molecule has 0 radical (unpaired) electrons. The summed E-state index contributed by atoms with van der Waals surface area (Å²) in [6.45, 7) is 2.62. The molecule has 2 amide bonds. The molecule has 1 fully saturated rings. The monoisotopic (exact) mass is 395 g/mol. The molecule has 1 heterocycles. The van der Waals surface area contributed by atoms with E-state index in [0.717, 1.165) is 29.1 Å². The van der Waals surface area contributed by atoms with Crippen molar-refractivity contribution in [2.45, 2.75) is 32.4 Å². The van der Waals surface area contributed by atoms with Gasteiger partial charge in [0.2, 0.25) is 11.8 Å². The van der Waals surface area contributed by atoms with Gasteiger partial charge in [0.05, 0.1) is 13.7 Å². The number of carbonyl (C=O) groups is 2. The highest BCUT2D eigenvalue weighted by Crippen LogP contribution is 2.27. The van der Waals surface area contributed by atoms with Crippen LogP contribution in [0.25, 0.3) is 0 Å². The minimum atomic E-state index is -0.407. The summed E-state index contributed by atoms with van der Waals surface area (Å²) < 4.78 is 5.25. The van der Waals surface area contributed by atoms with Crippen LogP contribution in [0.1, 0.15) is 25.3 Å². The van der Waals surface area contributed by atoms with Crippen molar-refractivity contribution < 1.29 is 14.3 Å². The van der Waals surface area contributed by atoms with Crippen LogP contribution in [0.4, 0.5) is 11.4 Å². The Balaban J connectivity index is 1.90. The number of carbonyl (C=O) groups excluding carboxylic acids is 2. The average molecular weight is 396 g/mol. The number of hydrogen-bond acceptors (Lipinski definition) is 4. The molecule has 2 aromatic rings. The average Bonchev–Trinajstić information content (AvgIpc) is 3.22. The summed E-state index contributed by atoms with van der Waals surface area (Å²) in [6.07, 6.45) is 1.55. The standard InChI is InChI=1S/C23H29N3O3/c1-17(27)25-15-5-6-22(25)23(28)26(20-11-13-21(29-4)14-12-20)16-18-7-9-19(10-8-18)24(2)3/h7-14,22H,5-6,15-16H2,1-4H3. The van der Waals surface area contributed by atoms with Crippen molar-refractivity contribution in [3.63, 3.8) is 0 Å². The highest BCUT2D eigenvalue weighted by atomic mass is 16.5. The second-order valence-corrected chi connectivity index (χ2v) is 7.55. The number of nitrogens with zero attached hydrogens (tertiary/aromatic N) is 3. The van der Waals surface area contributed by atoms with Gasteiger partial charge in [0.25, 0.3) is 0 Å². The summed E-state index contributed by atoms with van der Waals surface area (Å²) in [5.74, 6) is 0.646. The van der Waals surface area contributed by atoms with Gasteiger partial charge in [-0.05, 0) is 54.8 Å².